The van der Waals surface area contributed by atoms with Gasteiger partial charge in [0.15, 0.2) is 0 Å². The van der Waals surface area contributed by atoms with Gasteiger partial charge in [-0.15, -0.1) is 0 Å². The number of nitrogen functional groups attached to an aromatic ring is 1. The summed E-state index contributed by atoms with van der Waals surface area (Å²) in [5, 5.41) is 4.26. The monoisotopic (exact) mass is 231 g/mol. The molecule has 1 fully saturated rings. The topological polar surface area (TPSA) is 61.7 Å². The van der Waals surface area contributed by atoms with Crippen molar-refractivity contribution in [3.8, 4) is 11.3 Å². The van der Waals surface area contributed by atoms with Crippen molar-refractivity contribution in [2.75, 3.05) is 5.73 Å². The van der Waals surface area contributed by atoms with Gasteiger partial charge in [0.25, 0.3) is 0 Å². The Balaban J connectivity index is 2.04. The van der Waals surface area contributed by atoms with Gasteiger partial charge in [-0.05, 0) is 19.8 Å². The summed E-state index contributed by atoms with van der Waals surface area (Å²) in [4.78, 5) is 4.67. The summed E-state index contributed by atoms with van der Waals surface area (Å²) in [5.74, 6) is 2.46. The highest BCUT2D eigenvalue weighted by Gasteiger charge is 2.30. The van der Waals surface area contributed by atoms with Gasteiger partial charge in [0, 0.05) is 31.3 Å². The molecule has 3 rings (SSSR count). The number of nitrogens with zero attached hydrogens (tertiary/aromatic N) is 4. The first-order valence-electron chi connectivity index (χ1n) is 6.05. The first-order valence-corrected chi connectivity index (χ1v) is 6.05. The summed E-state index contributed by atoms with van der Waals surface area (Å²) in [7, 11) is 1.99. The molecule has 0 bridgehead atoms. The Hall–Kier alpha value is -1.78. The first kappa shape index (κ1) is 10.4. The van der Waals surface area contributed by atoms with E-state index in [1.165, 1.54) is 12.8 Å². The molecular weight excluding hydrogens is 214 g/mol. The highest BCUT2D eigenvalue weighted by Crippen LogP contribution is 2.41. The van der Waals surface area contributed by atoms with Crippen LogP contribution >= 0.6 is 0 Å². The quantitative estimate of drug-likeness (QED) is 0.875. The fourth-order valence-electron chi connectivity index (χ4n) is 2.11. The molecule has 2 aromatic rings. The summed E-state index contributed by atoms with van der Waals surface area (Å²) in [6.45, 7) is 2.93. The van der Waals surface area contributed by atoms with E-state index in [-0.39, 0.29) is 0 Å². The zero-order valence-corrected chi connectivity index (χ0v) is 10.2. The average Bonchev–Trinajstić information content (AvgIpc) is 2.99. The minimum absolute atomic E-state index is 0.609. The van der Waals surface area contributed by atoms with Gasteiger partial charge in [0.1, 0.15) is 17.3 Å². The Morgan fingerprint density at radius 3 is 2.82 bits per heavy atom. The fourth-order valence-corrected chi connectivity index (χ4v) is 2.11. The van der Waals surface area contributed by atoms with E-state index in [0.29, 0.717) is 5.92 Å². The van der Waals surface area contributed by atoms with Crippen LogP contribution in [-0.4, -0.2) is 19.3 Å². The second-order valence-electron chi connectivity index (χ2n) is 4.62. The Bertz CT molecular complexity index is 547. The van der Waals surface area contributed by atoms with Crippen LogP contribution < -0.4 is 5.73 Å². The van der Waals surface area contributed by atoms with Gasteiger partial charge in [-0.3, -0.25) is 4.68 Å². The van der Waals surface area contributed by atoms with Crippen molar-refractivity contribution in [2.24, 2.45) is 7.05 Å². The molecule has 5 heteroatoms. The van der Waals surface area contributed by atoms with Crippen molar-refractivity contribution >= 4 is 5.82 Å². The molecule has 0 radical (unpaired) electrons. The third-order valence-corrected chi connectivity index (χ3v) is 3.35. The molecule has 0 aromatic carbocycles. The molecule has 0 saturated heterocycles. The largest absolute Gasteiger partial charge is 0.383 e. The van der Waals surface area contributed by atoms with Gasteiger partial charge in [-0.2, -0.15) is 5.10 Å². The Kier molecular flexibility index (Phi) is 2.21. The summed E-state index contributed by atoms with van der Waals surface area (Å²) >= 11 is 0. The van der Waals surface area contributed by atoms with Crippen molar-refractivity contribution in [1.82, 2.24) is 19.3 Å². The molecule has 2 heterocycles. The maximum atomic E-state index is 6.12. The third kappa shape index (κ3) is 1.62. The second-order valence-corrected chi connectivity index (χ2v) is 4.62. The van der Waals surface area contributed by atoms with Crippen LogP contribution in [0.5, 0.6) is 0 Å². The van der Waals surface area contributed by atoms with E-state index in [1.54, 1.807) is 0 Å². The van der Waals surface area contributed by atoms with Crippen molar-refractivity contribution in [3.05, 3.63) is 18.2 Å². The lowest BCUT2D eigenvalue weighted by Gasteiger charge is -1.99. The molecule has 90 valence electrons. The molecule has 5 nitrogen and oxygen atoms in total. The number of aromatic nitrogens is 4. The third-order valence-electron chi connectivity index (χ3n) is 3.35. The van der Waals surface area contributed by atoms with Crippen LogP contribution in [0.2, 0.25) is 0 Å². The molecule has 0 spiro atoms. The Labute approximate surface area is 100 Å². The van der Waals surface area contributed by atoms with Crippen molar-refractivity contribution < 1.29 is 0 Å². The first-order chi connectivity index (χ1) is 8.20. The maximum absolute atomic E-state index is 6.12. The fraction of sp³-hybridized carbons (Fsp3) is 0.500. The number of rotatable bonds is 3. The number of hydrogen-bond donors (Lipinski definition) is 1. The second kappa shape index (κ2) is 3.61. The smallest absolute Gasteiger partial charge is 0.131 e. The van der Waals surface area contributed by atoms with Crippen LogP contribution in [-0.2, 0) is 13.6 Å². The zero-order chi connectivity index (χ0) is 12.0. The van der Waals surface area contributed by atoms with Gasteiger partial charge in [-0.1, -0.05) is 0 Å². The van der Waals surface area contributed by atoms with Crippen LogP contribution in [0, 0.1) is 0 Å². The van der Waals surface area contributed by atoms with Gasteiger partial charge in [0.05, 0.1) is 6.20 Å². The average molecular weight is 231 g/mol. The molecule has 17 heavy (non-hydrogen) atoms. The standard InChI is InChI=1S/C12H17N5/c1-3-17-7-9(6-14-17)10-11(13)16(2)12(15-10)8-4-5-8/h6-8H,3-5,13H2,1-2H3. The molecule has 1 aliphatic carbocycles. The zero-order valence-electron chi connectivity index (χ0n) is 10.2. The molecule has 1 saturated carbocycles. The summed E-state index contributed by atoms with van der Waals surface area (Å²) < 4.78 is 3.90. The molecule has 2 aromatic heterocycles. The predicted molar refractivity (Wildman–Crippen MR) is 66.5 cm³/mol. The van der Waals surface area contributed by atoms with E-state index >= 15 is 0 Å². The van der Waals surface area contributed by atoms with E-state index in [0.717, 1.165) is 29.4 Å². The highest BCUT2D eigenvalue weighted by molar-refractivity contribution is 5.70. The maximum Gasteiger partial charge on any atom is 0.131 e. The number of aryl methyl sites for hydroxylation is 1. The van der Waals surface area contributed by atoms with Crippen molar-refractivity contribution in [3.63, 3.8) is 0 Å². The minimum atomic E-state index is 0.609. The molecule has 1 aliphatic rings. The van der Waals surface area contributed by atoms with E-state index in [2.05, 4.69) is 17.0 Å². The normalized spacial score (nSPS) is 15.4. The lowest BCUT2D eigenvalue weighted by Crippen LogP contribution is -2.00. The predicted octanol–water partition coefficient (Wildman–Crippen LogP) is 1.76. The van der Waals surface area contributed by atoms with Crippen LogP contribution in [0.4, 0.5) is 5.82 Å². The van der Waals surface area contributed by atoms with E-state index < -0.39 is 0 Å². The minimum Gasteiger partial charge on any atom is -0.383 e. The summed E-state index contributed by atoms with van der Waals surface area (Å²) in [6, 6.07) is 0. The van der Waals surface area contributed by atoms with Gasteiger partial charge >= 0.3 is 0 Å². The molecule has 2 N–H and O–H groups in total. The molecule has 0 atom stereocenters. The van der Waals surface area contributed by atoms with E-state index in [9.17, 15) is 0 Å². The van der Waals surface area contributed by atoms with Crippen molar-refractivity contribution in [1.29, 1.82) is 0 Å². The van der Waals surface area contributed by atoms with Crippen LogP contribution in [0.25, 0.3) is 11.3 Å². The lowest BCUT2D eigenvalue weighted by atomic mass is 10.2. The van der Waals surface area contributed by atoms with E-state index in [1.807, 2.05) is 28.7 Å². The van der Waals surface area contributed by atoms with Gasteiger partial charge < -0.3 is 10.3 Å². The number of hydrogen-bond acceptors (Lipinski definition) is 3. The summed E-state index contributed by atoms with van der Waals surface area (Å²) in [6.07, 6.45) is 6.30. The van der Waals surface area contributed by atoms with Crippen LogP contribution in [0.15, 0.2) is 12.4 Å². The van der Waals surface area contributed by atoms with Crippen LogP contribution in [0.3, 0.4) is 0 Å². The van der Waals surface area contributed by atoms with Gasteiger partial charge in [0.2, 0.25) is 0 Å². The summed E-state index contributed by atoms with van der Waals surface area (Å²) in [5.41, 5.74) is 7.99. The number of nitrogens with two attached hydrogens (primary N) is 1. The van der Waals surface area contributed by atoms with E-state index in [4.69, 9.17) is 5.73 Å². The number of anilines is 1. The SMILES string of the molecule is CCn1cc(-c2nc(C3CC3)n(C)c2N)cn1. The van der Waals surface area contributed by atoms with Crippen LogP contribution in [0.1, 0.15) is 31.5 Å². The molecular formula is C12H17N5. The Morgan fingerprint density at radius 1 is 1.47 bits per heavy atom. The molecule has 0 aliphatic heterocycles. The van der Waals surface area contributed by atoms with Gasteiger partial charge in [-0.25, -0.2) is 4.98 Å². The highest BCUT2D eigenvalue weighted by atomic mass is 15.3. The molecule has 0 amide bonds. The Morgan fingerprint density at radius 2 is 2.24 bits per heavy atom. The van der Waals surface area contributed by atoms with Crippen molar-refractivity contribution in [2.45, 2.75) is 32.2 Å². The molecule has 0 unspecified atom stereocenters. The number of imidazole rings is 1. The lowest BCUT2D eigenvalue weighted by molar-refractivity contribution is 0.660.